The molecule has 0 unspecified atom stereocenters. The fourth-order valence-electron chi connectivity index (χ4n) is 0.724. The van der Waals surface area contributed by atoms with Crippen LogP contribution in [0, 0.1) is 0 Å². The maximum absolute atomic E-state index is 8.80. The molecule has 0 spiro atoms. The Kier molecular flexibility index (Phi) is 3.43. The Hall–Kier alpha value is 0.265. The Morgan fingerprint density at radius 3 is 2.25 bits per heavy atom. The molecule has 2 N–H and O–H groups in total. The average Bonchev–Trinajstić information content (AvgIpc) is 1.99. The summed E-state index contributed by atoms with van der Waals surface area (Å²) in [5.74, 6) is 0. The van der Waals surface area contributed by atoms with Crippen molar-refractivity contribution in [1.29, 1.82) is 0 Å². The molecular weight excluding hydrogens is 266 g/mol. The van der Waals surface area contributed by atoms with Crippen LogP contribution in [0.5, 0.6) is 0 Å². The van der Waals surface area contributed by atoms with E-state index < -0.39 is 7.12 Å². The van der Waals surface area contributed by atoms with Crippen molar-refractivity contribution in [3.05, 3.63) is 26.7 Å². The molecule has 0 aliphatic carbocycles. The molecule has 1 aromatic rings. The van der Waals surface area contributed by atoms with Crippen molar-refractivity contribution in [2.45, 2.75) is 0 Å². The van der Waals surface area contributed by atoms with Gasteiger partial charge < -0.3 is 10.0 Å². The van der Waals surface area contributed by atoms with Gasteiger partial charge in [0.25, 0.3) is 0 Å². The van der Waals surface area contributed by atoms with Gasteiger partial charge in [-0.3, -0.25) is 0 Å². The molecule has 0 atom stereocenters. The summed E-state index contributed by atoms with van der Waals surface area (Å²) in [6.07, 6.45) is 0. The van der Waals surface area contributed by atoms with Gasteiger partial charge in [-0.05, 0) is 33.5 Å². The van der Waals surface area contributed by atoms with Crippen molar-refractivity contribution in [1.82, 2.24) is 0 Å². The molecule has 0 saturated heterocycles. The predicted octanol–water partition coefficient (Wildman–Crippen LogP) is 1.44. The van der Waals surface area contributed by atoms with Gasteiger partial charge in [-0.2, -0.15) is 0 Å². The van der Waals surface area contributed by atoms with E-state index >= 15 is 0 Å². The molecule has 1 rings (SSSR count). The molecular formula is C6H4BBrCl2O2. The highest BCUT2D eigenvalue weighted by molar-refractivity contribution is 9.10. The number of rotatable bonds is 1. The number of benzene rings is 1. The quantitative estimate of drug-likeness (QED) is 0.598. The Morgan fingerprint density at radius 1 is 1.25 bits per heavy atom. The second-order valence-corrected chi connectivity index (χ2v) is 3.81. The summed E-state index contributed by atoms with van der Waals surface area (Å²) in [6, 6.07) is 2.90. The van der Waals surface area contributed by atoms with Crippen LogP contribution in [0.3, 0.4) is 0 Å². The van der Waals surface area contributed by atoms with Crippen molar-refractivity contribution < 1.29 is 10.0 Å². The number of halogens is 3. The lowest BCUT2D eigenvalue weighted by Gasteiger charge is -2.03. The largest absolute Gasteiger partial charge is 0.488 e. The minimum atomic E-state index is -1.53. The SMILES string of the molecule is OB(O)c1cc(Cl)c(Cl)c(Br)c1. The van der Waals surface area contributed by atoms with E-state index in [1.54, 1.807) is 0 Å². The van der Waals surface area contributed by atoms with E-state index in [9.17, 15) is 0 Å². The Labute approximate surface area is 88.4 Å². The van der Waals surface area contributed by atoms with E-state index in [0.717, 1.165) is 0 Å². The highest BCUT2D eigenvalue weighted by Crippen LogP contribution is 2.28. The average molecular weight is 270 g/mol. The zero-order valence-electron chi connectivity index (χ0n) is 5.76. The Bertz CT molecular complexity index is 283. The maximum atomic E-state index is 8.80. The van der Waals surface area contributed by atoms with Gasteiger partial charge in [-0.25, -0.2) is 0 Å². The minimum Gasteiger partial charge on any atom is -0.423 e. The van der Waals surface area contributed by atoms with Crippen LogP contribution >= 0.6 is 39.1 Å². The Morgan fingerprint density at radius 2 is 1.83 bits per heavy atom. The van der Waals surface area contributed by atoms with Crippen LogP contribution in [0.2, 0.25) is 10.0 Å². The highest BCUT2D eigenvalue weighted by atomic mass is 79.9. The molecule has 64 valence electrons. The van der Waals surface area contributed by atoms with Crippen LogP contribution in [-0.4, -0.2) is 17.2 Å². The van der Waals surface area contributed by atoms with Gasteiger partial charge in [-0.15, -0.1) is 0 Å². The highest BCUT2D eigenvalue weighted by Gasteiger charge is 2.14. The van der Waals surface area contributed by atoms with E-state index in [1.165, 1.54) is 12.1 Å². The smallest absolute Gasteiger partial charge is 0.423 e. The van der Waals surface area contributed by atoms with Gasteiger partial charge in [0.1, 0.15) is 0 Å². The van der Waals surface area contributed by atoms with Crippen LogP contribution in [0.4, 0.5) is 0 Å². The third-order valence-electron chi connectivity index (χ3n) is 1.30. The van der Waals surface area contributed by atoms with Crippen molar-refractivity contribution >= 4 is 51.7 Å². The van der Waals surface area contributed by atoms with Gasteiger partial charge >= 0.3 is 7.12 Å². The summed E-state index contributed by atoms with van der Waals surface area (Å²) in [6.45, 7) is 0. The fraction of sp³-hybridized carbons (Fsp3) is 0. The monoisotopic (exact) mass is 268 g/mol. The summed E-state index contributed by atoms with van der Waals surface area (Å²) in [4.78, 5) is 0. The topological polar surface area (TPSA) is 40.5 Å². The molecule has 0 aliphatic heterocycles. The second kappa shape index (κ2) is 3.98. The fourth-order valence-corrected chi connectivity index (χ4v) is 1.65. The van der Waals surface area contributed by atoms with Crippen molar-refractivity contribution in [2.75, 3.05) is 0 Å². The van der Waals surface area contributed by atoms with Crippen LogP contribution in [-0.2, 0) is 0 Å². The first kappa shape index (κ1) is 10.3. The molecule has 0 bridgehead atoms. The third-order valence-corrected chi connectivity index (χ3v) is 2.96. The van der Waals surface area contributed by atoms with E-state index in [-0.39, 0.29) is 5.02 Å². The summed E-state index contributed by atoms with van der Waals surface area (Å²) < 4.78 is 0.541. The van der Waals surface area contributed by atoms with Gasteiger partial charge in [0, 0.05) is 4.47 Å². The van der Waals surface area contributed by atoms with E-state index in [2.05, 4.69) is 15.9 Å². The van der Waals surface area contributed by atoms with Gasteiger partial charge in [0.2, 0.25) is 0 Å². The van der Waals surface area contributed by atoms with Crippen LogP contribution in [0.1, 0.15) is 0 Å². The standard InChI is InChI=1S/C6H4BBrCl2O2/c8-4-1-3(7(11)12)2-5(9)6(4)10/h1-2,11-12H. The molecule has 2 nitrogen and oxygen atoms in total. The van der Waals surface area contributed by atoms with Gasteiger partial charge in [-0.1, -0.05) is 23.2 Å². The maximum Gasteiger partial charge on any atom is 0.488 e. The molecule has 0 radical (unpaired) electrons. The molecule has 0 aliphatic rings. The Balaban J connectivity index is 3.21. The first-order valence-corrected chi connectivity index (χ1v) is 4.58. The minimum absolute atomic E-state index is 0.286. The van der Waals surface area contributed by atoms with Crippen molar-refractivity contribution in [2.24, 2.45) is 0 Å². The first-order valence-electron chi connectivity index (χ1n) is 3.03. The molecule has 12 heavy (non-hydrogen) atoms. The molecule has 0 aromatic heterocycles. The summed E-state index contributed by atoms with van der Waals surface area (Å²) in [7, 11) is -1.53. The molecule has 0 amide bonds. The summed E-state index contributed by atoms with van der Waals surface area (Å²) in [5, 5.41) is 18.2. The van der Waals surface area contributed by atoms with Crippen molar-refractivity contribution in [3.63, 3.8) is 0 Å². The third kappa shape index (κ3) is 2.15. The summed E-state index contributed by atoms with van der Waals surface area (Å²) >= 11 is 14.5. The first-order chi connectivity index (χ1) is 5.52. The molecule has 0 fully saturated rings. The number of hydrogen-bond acceptors (Lipinski definition) is 2. The van der Waals surface area contributed by atoms with Gasteiger partial charge in [0.15, 0.2) is 0 Å². The van der Waals surface area contributed by atoms with Crippen molar-refractivity contribution in [3.8, 4) is 0 Å². The molecule has 6 heteroatoms. The second-order valence-electron chi connectivity index (χ2n) is 2.17. The van der Waals surface area contributed by atoms with E-state index in [0.29, 0.717) is 15.0 Å². The molecule has 0 saturated carbocycles. The van der Waals surface area contributed by atoms with E-state index in [4.69, 9.17) is 33.2 Å². The lowest BCUT2D eigenvalue weighted by Crippen LogP contribution is -2.29. The zero-order valence-corrected chi connectivity index (χ0v) is 8.86. The lowest BCUT2D eigenvalue weighted by atomic mass is 9.80. The molecule has 0 heterocycles. The van der Waals surface area contributed by atoms with Crippen LogP contribution < -0.4 is 5.46 Å². The molecule has 1 aromatic carbocycles. The summed E-state index contributed by atoms with van der Waals surface area (Å²) in [5.41, 5.74) is 0.302. The normalized spacial score (nSPS) is 10.1. The van der Waals surface area contributed by atoms with Gasteiger partial charge in [0.05, 0.1) is 10.0 Å². The lowest BCUT2D eigenvalue weighted by molar-refractivity contribution is 0.426. The zero-order chi connectivity index (χ0) is 9.30. The van der Waals surface area contributed by atoms with Crippen LogP contribution in [0.15, 0.2) is 16.6 Å². The van der Waals surface area contributed by atoms with E-state index in [1.807, 2.05) is 0 Å². The van der Waals surface area contributed by atoms with Crippen LogP contribution in [0.25, 0.3) is 0 Å². The number of hydrogen-bond donors (Lipinski definition) is 2. The predicted molar refractivity (Wildman–Crippen MR) is 54.0 cm³/mol.